The van der Waals surface area contributed by atoms with Crippen molar-refractivity contribution in [2.45, 2.75) is 24.3 Å². The smallest absolute Gasteiger partial charge is 0.127 e. The Balaban J connectivity index is 2.13. The highest BCUT2D eigenvalue weighted by Crippen LogP contribution is 2.43. The van der Waals surface area contributed by atoms with E-state index in [-0.39, 0.29) is 6.04 Å². The summed E-state index contributed by atoms with van der Waals surface area (Å²) in [6, 6.07) is 12.8. The minimum Gasteiger partial charge on any atom is -0.493 e. The molecule has 0 saturated heterocycles. The van der Waals surface area contributed by atoms with Gasteiger partial charge in [0, 0.05) is 30.3 Å². The van der Waals surface area contributed by atoms with Crippen LogP contribution in [0.2, 0.25) is 0 Å². The molecule has 1 atom stereocenters. The Bertz CT molecular complexity index is 905. The lowest BCUT2D eigenvalue weighted by molar-refractivity contribution is 0.316. The van der Waals surface area contributed by atoms with E-state index in [1.165, 1.54) is 16.7 Å². The summed E-state index contributed by atoms with van der Waals surface area (Å²) < 4.78 is 6.04. The van der Waals surface area contributed by atoms with Gasteiger partial charge in [-0.05, 0) is 65.6 Å². The van der Waals surface area contributed by atoms with Crippen molar-refractivity contribution < 1.29 is 4.74 Å². The average Bonchev–Trinajstić information content (AvgIpc) is 3.08. The van der Waals surface area contributed by atoms with Gasteiger partial charge in [-0.1, -0.05) is 25.1 Å². The third-order valence-corrected chi connectivity index (χ3v) is 5.23. The van der Waals surface area contributed by atoms with Crippen LogP contribution in [0.15, 0.2) is 53.6 Å². The molecule has 0 fully saturated rings. The maximum absolute atomic E-state index is 6.04. The van der Waals surface area contributed by atoms with Crippen LogP contribution in [-0.4, -0.2) is 27.2 Å². The first-order chi connectivity index (χ1) is 13.6. The van der Waals surface area contributed by atoms with Crippen molar-refractivity contribution in [3.8, 4) is 5.75 Å². The second-order valence-electron chi connectivity index (χ2n) is 6.84. The molecule has 0 aliphatic heterocycles. The van der Waals surface area contributed by atoms with Gasteiger partial charge < -0.3 is 21.1 Å². The Morgan fingerprint density at radius 1 is 1.18 bits per heavy atom. The van der Waals surface area contributed by atoms with Crippen molar-refractivity contribution in [3.63, 3.8) is 0 Å². The fraction of sp³-hybridized carbons (Fsp3) is 0.304. The predicted molar refractivity (Wildman–Crippen MR) is 121 cm³/mol. The SMILES string of the molecule is CCCOc1ccc(S)cc1C1=CC(NC)c2ccc(/C(=C/NC)CN)cc21. The lowest BCUT2D eigenvalue weighted by Gasteiger charge is -2.15. The molecule has 0 heterocycles. The van der Waals surface area contributed by atoms with Crippen LogP contribution >= 0.6 is 12.6 Å². The number of rotatable bonds is 8. The van der Waals surface area contributed by atoms with E-state index in [9.17, 15) is 0 Å². The Hall–Kier alpha value is -2.21. The minimum atomic E-state index is 0.163. The van der Waals surface area contributed by atoms with Gasteiger partial charge in [-0.15, -0.1) is 12.6 Å². The number of hydrogen-bond donors (Lipinski definition) is 4. The normalized spacial score (nSPS) is 16.0. The summed E-state index contributed by atoms with van der Waals surface area (Å²) in [7, 11) is 3.87. The quantitative estimate of drug-likeness (QED) is 0.511. The molecular formula is C23H29N3OS. The van der Waals surface area contributed by atoms with Gasteiger partial charge in [-0.3, -0.25) is 0 Å². The number of thiol groups is 1. The van der Waals surface area contributed by atoms with Crippen LogP contribution in [-0.2, 0) is 0 Å². The van der Waals surface area contributed by atoms with Gasteiger partial charge in [0.15, 0.2) is 0 Å². The largest absolute Gasteiger partial charge is 0.493 e. The Kier molecular flexibility index (Phi) is 6.83. The molecule has 0 aromatic heterocycles. The molecular weight excluding hydrogens is 366 g/mol. The molecule has 5 heteroatoms. The van der Waals surface area contributed by atoms with Crippen molar-refractivity contribution >= 4 is 23.8 Å². The molecule has 0 spiro atoms. The molecule has 0 bridgehead atoms. The fourth-order valence-electron chi connectivity index (χ4n) is 3.58. The number of likely N-dealkylation sites (N-methyl/N-ethyl adjacent to an activating group) is 1. The standard InChI is InChI=1S/C23H29N3OS/c1-4-9-27-23-8-6-17(28)11-21(23)20-12-22(26-3)18-7-5-15(10-19(18)20)16(13-24)14-25-2/h5-8,10-12,14,22,25-26,28H,4,9,13,24H2,1-3H3/b16-14+. The van der Waals surface area contributed by atoms with Crippen LogP contribution in [0.1, 0.15) is 41.6 Å². The van der Waals surface area contributed by atoms with Gasteiger partial charge in [0.1, 0.15) is 5.75 Å². The number of benzene rings is 2. The molecule has 4 nitrogen and oxygen atoms in total. The lowest BCUT2D eigenvalue weighted by atomic mass is 9.94. The number of ether oxygens (including phenoxy) is 1. The lowest BCUT2D eigenvalue weighted by Crippen LogP contribution is -2.12. The molecule has 1 aliphatic rings. The highest BCUT2D eigenvalue weighted by Gasteiger charge is 2.26. The topological polar surface area (TPSA) is 59.3 Å². The molecule has 3 rings (SSSR count). The monoisotopic (exact) mass is 395 g/mol. The van der Waals surface area contributed by atoms with Crippen LogP contribution in [0, 0.1) is 0 Å². The first kappa shape index (κ1) is 20.5. The van der Waals surface area contributed by atoms with Crippen LogP contribution in [0.5, 0.6) is 5.75 Å². The number of fused-ring (bicyclic) bond motifs is 1. The second-order valence-corrected chi connectivity index (χ2v) is 7.36. The van der Waals surface area contributed by atoms with Crippen molar-refractivity contribution in [3.05, 3.63) is 70.9 Å². The molecule has 1 unspecified atom stereocenters. The first-order valence-corrected chi connectivity index (χ1v) is 10.1. The Labute approximate surface area is 173 Å². The summed E-state index contributed by atoms with van der Waals surface area (Å²) in [4.78, 5) is 0.920. The molecule has 0 radical (unpaired) electrons. The number of hydrogen-bond acceptors (Lipinski definition) is 5. The van der Waals surface area contributed by atoms with Gasteiger partial charge in [0.05, 0.1) is 12.6 Å². The molecule has 28 heavy (non-hydrogen) atoms. The summed E-state index contributed by atoms with van der Waals surface area (Å²) in [6.45, 7) is 3.28. The number of nitrogens with one attached hydrogen (secondary N) is 2. The third kappa shape index (κ3) is 4.12. The van der Waals surface area contributed by atoms with Gasteiger partial charge in [0.2, 0.25) is 0 Å². The van der Waals surface area contributed by atoms with Crippen molar-refractivity contribution in [1.29, 1.82) is 0 Å². The fourth-order valence-corrected chi connectivity index (χ4v) is 3.78. The molecule has 148 valence electrons. The van der Waals surface area contributed by atoms with E-state index in [2.05, 4.69) is 60.5 Å². The van der Waals surface area contributed by atoms with Gasteiger partial charge in [0.25, 0.3) is 0 Å². The van der Waals surface area contributed by atoms with E-state index in [1.54, 1.807) is 0 Å². The zero-order chi connectivity index (χ0) is 20.1. The second kappa shape index (κ2) is 9.32. The van der Waals surface area contributed by atoms with Crippen LogP contribution in [0.25, 0.3) is 11.1 Å². The average molecular weight is 396 g/mol. The third-order valence-electron chi connectivity index (χ3n) is 4.95. The Morgan fingerprint density at radius 2 is 2.00 bits per heavy atom. The molecule has 0 amide bonds. The molecule has 1 aliphatic carbocycles. The van der Waals surface area contributed by atoms with Crippen LogP contribution < -0.4 is 21.1 Å². The van der Waals surface area contributed by atoms with Crippen LogP contribution in [0.4, 0.5) is 0 Å². The maximum Gasteiger partial charge on any atom is 0.127 e. The Morgan fingerprint density at radius 3 is 2.68 bits per heavy atom. The van der Waals surface area contributed by atoms with Crippen molar-refractivity contribution in [2.24, 2.45) is 5.73 Å². The van der Waals surface area contributed by atoms with Gasteiger partial charge in [-0.25, -0.2) is 0 Å². The van der Waals surface area contributed by atoms with E-state index in [1.807, 2.05) is 32.4 Å². The highest BCUT2D eigenvalue weighted by atomic mass is 32.1. The summed E-state index contributed by atoms with van der Waals surface area (Å²) in [6.07, 6.45) is 5.19. The first-order valence-electron chi connectivity index (χ1n) is 9.69. The summed E-state index contributed by atoms with van der Waals surface area (Å²) in [5.41, 5.74) is 12.9. The molecule has 2 aromatic carbocycles. The molecule has 0 saturated carbocycles. The van der Waals surface area contributed by atoms with Gasteiger partial charge >= 0.3 is 0 Å². The highest BCUT2D eigenvalue weighted by molar-refractivity contribution is 7.80. The van der Waals surface area contributed by atoms with E-state index in [0.29, 0.717) is 13.2 Å². The maximum atomic E-state index is 6.04. The van der Waals surface area contributed by atoms with E-state index < -0.39 is 0 Å². The van der Waals surface area contributed by atoms with Crippen molar-refractivity contribution in [1.82, 2.24) is 10.6 Å². The molecule has 2 aromatic rings. The summed E-state index contributed by atoms with van der Waals surface area (Å²) >= 11 is 4.56. The zero-order valence-corrected chi connectivity index (χ0v) is 17.6. The van der Waals surface area contributed by atoms with Crippen LogP contribution in [0.3, 0.4) is 0 Å². The number of nitrogens with two attached hydrogens (primary N) is 1. The zero-order valence-electron chi connectivity index (χ0n) is 16.8. The predicted octanol–water partition coefficient (Wildman–Crippen LogP) is 3.99. The minimum absolute atomic E-state index is 0.163. The van der Waals surface area contributed by atoms with Gasteiger partial charge in [-0.2, -0.15) is 0 Å². The van der Waals surface area contributed by atoms with Crippen molar-refractivity contribution in [2.75, 3.05) is 27.2 Å². The summed E-state index contributed by atoms with van der Waals surface area (Å²) in [5.74, 6) is 0.892. The van der Waals surface area contributed by atoms with E-state index in [0.717, 1.165) is 33.8 Å². The van der Waals surface area contributed by atoms with E-state index in [4.69, 9.17) is 10.5 Å². The molecule has 4 N–H and O–H groups in total. The summed E-state index contributed by atoms with van der Waals surface area (Å²) in [5, 5.41) is 6.49. The van der Waals surface area contributed by atoms with E-state index >= 15 is 0 Å².